The number of nitrogens with zero attached hydrogens (tertiary/aromatic N) is 5. The van der Waals surface area contributed by atoms with Crippen LogP contribution in [-0.4, -0.2) is 24.1 Å². The number of para-hydroxylation sites is 2. The van der Waals surface area contributed by atoms with Gasteiger partial charge >= 0.3 is 0 Å². The average molecular weight is 399 g/mol. The minimum Gasteiger partial charge on any atom is -0.268 e. The maximum Gasteiger partial charge on any atom is 0.267 e. The van der Waals surface area contributed by atoms with Crippen LogP contribution in [0.1, 0.15) is 11.1 Å². The van der Waals surface area contributed by atoms with Crippen LogP contribution in [0.5, 0.6) is 0 Å². The number of hydrogen-bond donors (Lipinski definition) is 0. The van der Waals surface area contributed by atoms with Crippen molar-refractivity contribution < 1.29 is 0 Å². The number of aryl methyl sites for hydroxylation is 1. The Balaban J connectivity index is 1.76. The van der Waals surface area contributed by atoms with Crippen LogP contribution in [0.4, 0.5) is 0 Å². The normalized spacial score (nSPS) is 11.3. The second-order valence-electron chi connectivity index (χ2n) is 6.71. The van der Waals surface area contributed by atoms with Gasteiger partial charge in [-0.25, -0.2) is 4.57 Å². The van der Waals surface area contributed by atoms with E-state index in [9.17, 15) is 4.79 Å². The first-order valence-electron chi connectivity index (χ1n) is 9.20. The van der Waals surface area contributed by atoms with Crippen LogP contribution in [0.2, 0.25) is 0 Å². The summed E-state index contributed by atoms with van der Waals surface area (Å²) in [6, 6.07) is 19.3. The third-order valence-corrected chi connectivity index (χ3v) is 5.84. The zero-order valence-electron chi connectivity index (χ0n) is 15.7. The molecule has 0 aliphatic carbocycles. The molecule has 0 fully saturated rings. The molecule has 142 valence electrons. The van der Waals surface area contributed by atoms with Crippen molar-refractivity contribution in [3.8, 4) is 5.69 Å². The zero-order chi connectivity index (χ0) is 19.8. The monoisotopic (exact) mass is 399 g/mol. The van der Waals surface area contributed by atoms with Gasteiger partial charge in [-0.3, -0.25) is 14.2 Å². The summed E-state index contributed by atoms with van der Waals surface area (Å²) in [7, 11) is 0. The summed E-state index contributed by atoms with van der Waals surface area (Å²) in [6.45, 7) is 1.99. The van der Waals surface area contributed by atoms with E-state index in [0.29, 0.717) is 16.9 Å². The van der Waals surface area contributed by atoms with Crippen LogP contribution >= 0.6 is 11.8 Å². The van der Waals surface area contributed by atoms with E-state index in [1.54, 1.807) is 22.5 Å². The molecule has 6 nitrogen and oxygen atoms in total. The van der Waals surface area contributed by atoms with Gasteiger partial charge in [-0.05, 0) is 42.3 Å². The van der Waals surface area contributed by atoms with Crippen LogP contribution in [0.15, 0.2) is 83.0 Å². The molecule has 0 unspecified atom stereocenters. The molecular formula is C22H17N5OS. The van der Waals surface area contributed by atoms with Gasteiger partial charge in [0.05, 0.1) is 16.6 Å². The molecule has 3 heterocycles. The van der Waals surface area contributed by atoms with Gasteiger partial charge < -0.3 is 0 Å². The summed E-state index contributed by atoms with van der Waals surface area (Å²) in [6.07, 6.45) is 3.60. The molecular weight excluding hydrogens is 382 g/mol. The standard InChI is InChI=1S/C22H17N5OS/c1-15-7-2-4-10-18(15)26-20(28)17-9-3-5-11-19(17)27-21(26)24-25-22(27)29-14-16-8-6-12-23-13-16/h2-13H,14H2,1H3. The van der Waals surface area contributed by atoms with Crippen molar-refractivity contribution in [3.63, 3.8) is 0 Å². The Labute approximate surface area is 170 Å². The minimum absolute atomic E-state index is 0.0985. The SMILES string of the molecule is Cc1ccccc1-n1c(=O)c2ccccc2n2c(SCc3cccnc3)nnc12. The number of aromatic nitrogens is 5. The van der Waals surface area contributed by atoms with Crippen molar-refractivity contribution in [2.75, 3.05) is 0 Å². The Morgan fingerprint density at radius 2 is 1.79 bits per heavy atom. The third-order valence-electron chi connectivity index (χ3n) is 4.84. The molecule has 5 rings (SSSR count). The van der Waals surface area contributed by atoms with E-state index in [2.05, 4.69) is 15.2 Å². The fourth-order valence-corrected chi connectivity index (χ4v) is 4.31. The molecule has 0 aliphatic rings. The maximum absolute atomic E-state index is 13.4. The van der Waals surface area contributed by atoms with Gasteiger partial charge in [0, 0.05) is 18.1 Å². The molecule has 0 spiro atoms. The van der Waals surface area contributed by atoms with E-state index in [-0.39, 0.29) is 5.56 Å². The van der Waals surface area contributed by atoms with Crippen LogP contribution in [-0.2, 0) is 5.75 Å². The molecule has 0 saturated heterocycles. The lowest BCUT2D eigenvalue weighted by molar-refractivity contribution is 0.928. The molecule has 0 aliphatic heterocycles. The van der Waals surface area contributed by atoms with Crippen LogP contribution in [0.3, 0.4) is 0 Å². The minimum atomic E-state index is -0.0985. The summed E-state index contributed by atoms with van der Waals surface area (Å²) in [5, 5.41) is 10.2. The highest BCUT2D eigenvalue weighted by molar-refractivity contribution is 7.98. The molecule has 7 heteroatoms. The van der Waals surface area contributed by atoms with Crippen LogP contribution in [0, 0.1) is 6.92 Å². The Kier molecular flexibility index (Phi) is 4.37. The van der Waals surface area contributed by atoms with E-state index in [0.717, 1.165) is 27.5 Å². The predicted molar refractivity (Wildman–Crippen MR) is 115 cm³/mol. The Bertz CT molecular complexity index is 1390. The zero-order valence-corrected chi connectivity index (χ0v) is 16.5. The summed E-state index contributed by atoms with van der Waals surface area (Å²) in [4.78, 5) is 17.5. The molecule has 0 saturated carbocycles. The van der Waals surface area contributed by atoms with E-state index >= 15 is 0 Å². The van der Waals surface area contributed by atoms with Crippen molar-refractivity contribution in [3.05, 3.63) is 94.5 Å². The number of fused-ring (bicyclic) bond motifs is 3. The first kappa shape index (κ1) is 17.6. The first-order chi connectivity index (χ1) is 14.2. The lowest BCUT2D eigenvalue weighted by Gasteiger charge is -2.13. The molecule has 3 aromatic heterocycles. The lowest BCUT2D eigenvalue weighted by atomic mass is 10.2. The van der Waals surface area contributed by atoms with E-state index in [1.165, 1.54) is 0 Å². The molecule has 0 N–H and O–H groups in total. The second kappa shape index (κ2) is 7.18. The van der Waals surface area contributed by atoms with E-state index in [4.69, 9.17) is 0 Å². The quantitative estimate of drug-likeness (QED) is 0.427. The van der Waals surface area contributed by atoms with E-state index in [1.807, 2.05) is 78.2 Å². The van der Waals surface area contributed by atoms with Crippen molar-refractivity contribution in [2.24, 2.45) is 0 Å². The molecule has 0 amide bonds. The van der Waals surface area contributed by atoms with Crippen molar-refractivity contribution in [2.45, 2.75) is 17.8 Å². The summed E-state index contributed by atoms with van der Waals surface area (Å²) in [5.41, 5.74) is 3.62. The second-order valence-corrected chi connectivity index (χ2v) is 7.65. The smallest absolute Gasteiger partial charge is 0.267 e. The van der Waals surface area contributed by atoms with Crippen molar-refractivity contribution >= 4 is 28.4 Å². The van der Waals surface area contributed by atoms with Crippen molar-refractivity contribution in [1.29, 1.82) is 0 Å². The highest BCUT2D eigenvalue weighted by Gasteiger charge is 2.18. The highest BCUT2D eigenvalue weighted by atomic mass is 32.2. The number of rotatable bonds is 4. The lowest BCUT2D eigenvalue weighted by Crippen LogP contribution is -2.22. The van der Waals surface area contributed by atoms with Crippen molar-refractivity contribution in [1.82, 2.24) is 24.1 Å². The summed E-state index contributed by atoms with van der Waals surface area (Å²) < 4.78 is 3.61. The number of benzene rings is 2. The topological polar surface area (TPSA) is 65.1 Å². The van der Waals surface area contributed by atoms with Crippen LogP contribution in [0.25, 0.3) is 22.4 Å². The van der Waals surface area contributed by atoms with Gasteiger partial charge in [-0.1, -0.05) is 48.2 Å². The fourth-order valence-electron chi connectivity index (χ4n) is 3.43. The Hall–Kier alpha value is -3.45. The summed E-state index contributed by atoms with van der Waals surface area (Å²) in [5.74, 6) is 1.23. The fraction of sp³-hybridized carbons (Fsp3) is 0.0909. The molecule has 5 aromatic rings. The molecule has 0 atom stereocenters. The number of hydrogen-bond acceptors (Lipinski definition) is 5. The third kappa shape index (κ3) is 3.00. The Morgan fingerprint density at radius 1 is 0.966 bits per heavy atom. The maximum atomic E-state index is 13.4. The molecule has 0 bridgehead atoms. The molecule has 2 aromatic carbocycles. The number of thioether (sulfide) groups is 1. The van der Waals surface area contributed by atoms with E-state index < -0.39 is 0 Å². The highest BCUT2D eigenvalue weighted by Crippen LogP contribution is 2.26. The van der Waals surface area contributed by atoms with Gasteiger partial charge in [0.15, 0.2) is 5.16 Å². The van der Waals surface area contributed by atoms with Gasteiger partial charge in [-0.2, -0.15) is 0 Å². The summed E-state index contributed by atoms with van der Waals surface area (Å²) >= 11 is 1.57. The average Bonchev–Trinajstić information content (AvgIpc) is 3.18. The van der Waals surface area contributed by atoms with Gasteiger partial charge in [0.2, 0.25) is 5.78 Å². The number of pyridine rings is 1. The van der Waals surface area contributed by atoms with Gasteiger partial charge in [-0.15, -0.1) is 10.2 Å². The molecule has 29 heavy (non-hydrogen) atoms. The predicted octanol–water partition coefficient (Wildman–Crippen LogP) is 4.03. The Morgan fingerprint density at radius 3 is 2.62 bits per heavy atom. The first-order valence-corrected chi connectivity index (χ1v) is 10.2. The van der Waals surface area contributed by atoms with Crippen LogP contribution < -0.4 is 5.56 Å². The van der Waals surface area contributed by atoms with Gasteiger partial charge in [0.25, 0.3) is 5.56 Å². The van der Waals surface area contributed by atoms with Gasteiger partial charge in [0.1, 0.15) is 0 Å². The molecule has 0 radical (unpaired) electrons. The largest absolute Gasteiger partial charge is 0.268 e.